The van der Waals surface area contributed by atoms with Gasteiger partial charge >= 0.3 is 0 Å². The van der Waals surface area contributed by atoms with Crippen LogP contribution in [0.15, 0.2) is 22.6 Å². The molecule has 1 heterocycles. The van der Waals surface area contributed by atoms with Gasteiger partial charge in [-0.1, -0.05) is 6.07 Å². The fraction of sp³-hybridized carbons (Fsp3) is 0.111. The van der Waals surface area contributed by atoms with Gasteiger partial charge in [-0.05, 0) is 24.6 Å². The standard InChI is InChI=1S/C9H8NO/c1-6-3-4-8-9(5-6)11-7(2)10-8/h3-5H,2H2,1H3. The molecule has 2 heteroatoms. The van der Waals surface area contributed by atoms with E-state index in [1.165, 1.54) is 5.56 Å². The summed E-state index contributed by atoms with van der Waals surface area (Å²) in [6.07, 6.45) is 0. The van der Waals surface area contributed by atoms with E-state index in [-0.39, 0.29) is 0 Å². The summed E-state index contributed by atoms with van der Waals surface area (Å²) in [6.45, 7) is 5.63. The van der Waals surface area contributed by atoms with Crippen molar-refractivity contribution in [1.29, 1.82) is 0 Å². The second-order valence-corrected chi connectivity index (χ2v) is 2.58. The highest BCUT2D eigenvalue weighted by Gasteiger charge is 1.99. The third kappa shape index (κ3) is 1.00. The first-order valence-electron chi connectivity index (χ1n) is 3.45. The smallest absolute Gasteiger partial charge is 0.195 e. The number of benzene rings is 1. The summed E-state index contributed by atoms with van der Waals surface area (Å²) >= 11 is 0. The third-order valence-corrected chi connectivity index (χ3v) is 1.59. The van der Waals surface area contributed by atoms with E-state index in [9.17, 15) is 0 Å². The normalized spacial score (nSPS) is 10.7. The number of rotatable bonds is 0. The molecule has 0 saturated heterocycles. The molecule has 1 aromatic heterocycles. The summed E-state index contributed by atoms with van der Waals surface area (Å²) in [7, 11) is 0. The van der Waals surface area contributed by atoms with Gasteiger partial charge in [0.15, 0.2) is 11.5 Å². The van der Waals surface area contributed by atoms with Crippen LogP contribution in [-0.2, 0) is 0 Å². The van der Waals surface area contributed by atoms with E-state index in [0.717, 1.165) is 11.1 Å². The maximum atomic E-state index is 5.23. The maximum absolute atomic E-state index is 5.23. The lowest BCUT2D eigenvalue weighted by Crippen LogP contribution is -1.70. The lowest BCUT2D eigenvalue weighted by Gasteiger charge is -1.87. The second-order valence-electron chi connectivity index (χ2n) is 2.58. The molecule has 1 radical (unpaired) electrons. The van der Waals surface area contributed by atoms with Crippen molar-refractivity contribution < 1.29 is 4.42 Å². The van der Waals surface area contributed by atoms with Crippen LogP contribution in [0.4, 0.5) is 0 Å². The molecule has 0 aliphatic heterocycles. The SMILES string of the molecule is [CH2]c1nc2ccc(C)cc2o1. The van der Waals surface area contributed by atoms with E-state index in [4.69, 9.17) is 4.42 Å². The van der Waals surface area contributed by atoms with Crippen molar-refractivity contribution in [3.63, 3.8) is 0 Å². The highest BCUT2D eigenvalue weighted by atomic mass is 16.3. The first-order chi connectivity index (χ1) is 5.25. The largest absolute Gasteiger partial charge is 0.441 e. The Labute approximate surface area is 64.9 Å². The molecule has 0 unspecified atom stereocenters. The summed E-state index contributed by atoms with van der Waals surface area (Å²) in [5.41, 5.74) is 2.87. The van der Waals surface area contributed by atoms with Crippen molar-refractivity contribution in [3.8, 4) is 0 Å². The van der Waals surface area contributed by atoms with Crippen LogP contribution >= 0.6 is 0 Å². The minimum absolute atomic E-state index is 0.477. The fourth-order valence-electron chi connectivity index (χ4n) is 1.08. The Hall–Kier alpha value is -1.31. The summed E-state index contributed by atoms with van der Waals surface area (Å²) in [5.74, 6) is 0.477. The molecule has 2 aromatic rings. The van der Waals surface area contributed by atoms with Crippen LogP contribution in [-0.4, -0.2) is 4.98 Å². The highest BCUT2D eigenvalue weighted by Crippen LogP contribution is 2.15. The first kappa shape index (κ1) is 6.40. The summed E-state index contributed by atoms with van der Waals surface area (Å²) in [5, 5.41) is 0. The number of aryl methyl sites for hydroxylation is 1. The van der Waals surface area contributed by atoms with E-state index in [1.807, 2.05) is 25.1 Å². The predicted molar refractivity (Wildman–Crippen MR) is 43.2 cm³/mol. The fourth-order valence-corrected chi connectivity index (χ4v) is 1.08. The van der Waals surface area contributed by atoms with Gasteiger partial charge in [0, 0.05) is 6.92 Å². The second kappa shape index (κ2) is 2.09. The van der Waals surface area contributed by atoms with Crippen LogP contribution in [0.2, 0.25) is 0 Å². The summed E-state index contributed by atoms with van der Waals surface area (Å²) < 4.78 is 5.23. The molecule has 0 saturated carbocycles. The van der Waals surface area contributed by atoms with Crippen molar-refractivity contribution in [2.45, 2.75) is 6.92 Å². The Morgan fingerprint density at radius 3 is 3.09 bits per heavy atom. The molecule has 0 N–H and O–H groups in total. The Balaban J connectivity index is 2.82. The summed E-state index contributed by atoms with van der Waals surface area (Å²) in [4.78, 5) is 4.08. The predicted octanol–water partition coefficient (Wildman–Crippen LogP) is 2.32. The molecule has 1 aromatic carbocycles. The third-order valence-electron chi connectivity index (χ3n) is 1.59. The molecule has 11 heavy (non-hydrogen) atoms. The number of nitrogens with zero attached hydrogens (tertiary/aromatic N) is 1. The molecule has 2 rings (SSSR count). The van der Waals surface area contributed by atoms with Crippen LogP contribution in [0.25, 0.3) is 11.1 Å². The highest BCUT2D eigenvalue weighted by molar-refractivity contribution is 5.73. The molecule has 0 fully saturated rings. The Kier molecular flexibility index (Phi) is 1.22. The van der Waals surface area contributed by atoms with Crippen LogP contribution in [0.3, 0.4) is 0 Å². The lowest BCUT2D eigenvalue weighted by atomic mass is 10.2. The molecule has 55 valence electrons. The topological polar surface area (TPSA) is 26.0 Å². The van der Waals surface area contributed by atoms with Gasteiger partial charge in [0.25, 0.3) is 0 Å². The van der Waals surface area contributed by atoms with Gasteiger partial charge in [-0.2, -0.15) is 0 Å². The zero-order valence-electron chi connectivity index (χ0n) is 6.29. The van der Waals surface area contributed by atoms with Gasteiger partial charge in [-0.15, -0.1) is 0 Å². The van der Waals surface area contributed by atoms with Gasteiger partial charge in [-0.25, -0.2) is 4.98 Å². The summed E-state index contributed by atoms with van der Waals surface area (Å²) in [6, 6.07) is 5.89. The van der Waals surface area contributed by atoms with Crippen molar-refractivity contribution in [1.82, 2.24) is 4.98 Å². The average molecular weight is 146 g/mol. The number of aromatic nitrogens is 1. The number of fused-ring (bicyclic) bond motifs is 1. The molecule has 0 atom stereocenters. The van der Waals surface area contributed by atoms with Gasteiger partial charge in [0.2, 0.25) is 0 Å². The van der Waals surface area contributed by atoms with Gasteiger partial charge in [-0.3, -0.25) is 0 Å². The number of hydrogen-bond acceptors (Lipinski definition) is 2. The maximum Gasteiger partial charge on any atom is 0.195 e. The van der Waals surface area contributed by atoms with Crippen LogP contribution in [0.5, 0.6) is 0 Å². The minimum atomic E-state index is 0.477. The quantitative estimate of drug-likeness (QED) is 0.570. The zero-order valence-corrected chi connectivity index (χ0v) is 6.29. The Morgan fingerprint density at radius 2 is 2.27 bits per heavy atom. The van der Waals surface area contributed by atoms with E-state index in [1.54, 1.807) is 0 Å². The molecule has 0 spiro atoms. The monoisotopic (exact) mass is 146 g/mol. The average Bonchev–Trinajstić information content (AvgIpc) is 2.27. The van der Waals surface area contributed by atoms with E-state index < -0.39 is 0 Å². The molecule has 0 aliphatic rings. The van der Waals surface area contributed by atoms with Crippen molar-refractivity contribution >= 4 is 11.1 Å². The van der Waals surface area contributed by atoms with Gasteiger partial charge < -0.3 is 4.42 Å². The van der Waals surface area contributed by atoms with Crippen molar-refractivity contribution in [2.24, 2.45) is 0 Å². The minimum Gasteiger partial charge on any atom is -0.441 e. The Bertz CT molecular complexity index is 389. The van der Waals surface area contributed by atoms with Crippen molar-refractivity contribution in [2.75, 3.05) is 0 Å². The van der Waals surface area contributed by atoms with Crippen molar-refractivity contribution in [3.05, 3.63) is 36.6 Å². The molecular formula is C9H8NO. The number of oxazole rings is 1. The van der Waals surface area contributed by atoms with Gasteiger partial charge in [0.05, 0.1) is 0 Å². The molecule has 0 bridgehead atoms. The van der Waals surface area contributed by atoms with E-state index in [2.05, 4.69) is 11.9 Å². The van der Waals surface area contributed by atoms with Gasteiger partial charge in [0.1, 0.15) is 5.52 Å². The molecule has 0 aliphatic carbocycles. The molecular weight excluding hydrogens is 138 g/mol. The van der Waals surface area contributed by atoms with E-state index >= 15 is 0 Å². The van der Waals surface area contributed by atoms with Crippen LogP contribution in [0.1, 0.15) is 11.5 Å². The van der Waals surface area contributed by atoms with Crippen LogP contribution in [0, 0.1) is 13.8 Å². The number of hydrogen-bond donors (Lipinski definition) is 0. The molecule has 2 nitrogen and oxygen atoms in total. The zero-order chi connectivity index (χ0) is 7.84. The molecule has 0 amide bonds. The lowest BCUT2D eigenvalue weighted by molar-refractivity contribution is 0.579. The Morgan fingerprint density at radius 1 is 1.45 bits per heavy atom. The van der Waals surface area contributed by atoms with Crippen LogP contribution < -0.4 is 0 Å². The van der Waals surface area contributed by atoms with E-state index in [0.29, 0.717) is 5.89 Å². The first-order valence-corrected chi connectivity index (χ1v) is 3.45.